The minimum absolute atomic E-state index is 0.0729. The standard InChI is InChI=1S/C24H32N4O2/c29-22-20-15-18-5-3-12-28(18)24(20)19-6-1-2-7-21(19)27(23(24)30)14-13-26(11-4-10-25-22)16-17-8-9-17/h1-2,6-7,17-18,20H,3-5,8-16H2,(H,25,29)/t18-,20-,24+/m0/s1. The van der Waals surface area contributed by atoms with Gasteiger partial charge in [0.25, 0.3) is 5.91 Å². The van der Waals surface area contributed by atoms with Crippen LogP contribution in [0.2, 0.25) is 0 Å². The molecule has 1 spiro atoms. The topological polar surface area (TPSA) is 55.9 Å². The number of carbonyl (C=O) groups is 2. The van der Waals surface area contributed by atoms with E-state index in [-0.39, 0.29) is 17.7 Å². The molecule has 2 bridgehead atoms. The second kappa shape index (κ2) is 7.06. The van der Waals surface area contributed by atoms with Gasteiger partial charge in [-0.15, -0.1) is 0 Å². The second-order valence-electron chi connectivity index (χ2n) is 9.91. The van der Waals surface area contributed by atoms with E-state index in [1.54, 1.807) is 0 Å². The molecule has 1 aliphatic carbocycles. The van der Waals surface area contributed by atoms with Crippen molar-refractivity contribution >= 4 is 17.5 Å². The van der Waals surface area contributed by atoms with E-state index in [0.717, 1.165) is 75.6 Å². The van der Waals surface area contributed by atoms with Gasteiger partial charge in [-0.2, -0.15) is 0 Å². The third-order valence-electron chi connectivity index (χ3n) is 8.14. The minimum atomic E-state index is -0.803. The van der Waals surface area contributed by atoms with Crippen molar-refractivity contribution in [2.24, 2.45) is 11.8 Å². The lowest BCUT2D eigenvalue weighted by Gasteiger charge is -2.38. The van der Waals surface area contributed by atoms with Crippen molar-refractivity contribution in [1.29, 1.82) is 0 Å². The zero-order chi connectivity index (χ0) is 20.3. The lowest BCUT2D eigenvalue weighted by molar-refractivity contribution is -0.139. The maximum Gasteiger partial charge on any atom is 0.253 e. The number of hydrogen-bond acceptors (Lipinski definition) is 4. The summed E-state index contributed by atoms with van der Waals surface area (Å²) in [5.41, 5.74) is 1.29. The van der Waals surface area contributed by atoms with Crippen LogP contribution >= 0.6 is 0 Å². The SMILES string of the molecule is O=C1NCCCN(CC2CC2)CCN2C(=O)[C@@]3(c4ccccc42)[C@H]1C[C@@H]1CCCN13. The van der Waals surface area contributed by atoms with Crippen LogP contribution in [0.25, 0.3) is 0 Å². The summed E-state index contributed by atoms with van der Waals surface area (Å²) in [6, 6.07) is 8.60. The first-order valence-corrected chi connectivity index (χ1v) is 11.9. The molecule has 6 nitrogen and oxygen atoms in total. The molecule has 160 valence electrons. The van der Waals surface area contributed by atoms with Crippen molar-refractivity contribution in [3.63, 3.8) is 0 Å². The van der Waals surface area contributed by atoms with Crippen molar-refractivity contribution in [3.8, 4) is 0 Å². The highest BCUT2D eigenvalue weighted by molar-refractivity contribution is 6.10. The number of anilines is 1. The number of nitrogens with one attached hydrogen (secondary N) is 1. The molecular weight excluding hydrogens is 376 g/mol. The van der Waals surface area contributed by atoms with Crippen molar-refractivity contribution in [3.05, 3.63) is 29.8 Å². The Balaban J connectivity index is 1.43. The third kappa shape index (κ3) is 2.69. The van der Waals surface area contributed by atoms with Crippen molar-refractivity contribution < 1.29 is 9.59 Å². The summed E-state index contributed by atoms with van der Waals surface area (Å²) in [5.74, 6) is 0.748. The third-order valence-corrected chi connectivity index (χ3v) is 8.14. The van der Waals surface area contributed by atoms with Gasteiger partial charge in [-0.3, -0.25) is 14.5 Å². The van der Waals surface area contributed by atoms with Gasteiger partial charge < -0.3 is 15.1 Å². The van der Waals surface area contributed by atoms with Gasteiger partial charge in [0.2, 0.25) is 5.91 Å². The van der Waals surface area contributed by atoms with Crippen LogP contribution in [0, 0.1) is 11.8 Å². The molecule has 30 heavy (non-hydrogen) atoms. The Labute approximate surface area is 178 Å². The Morgan fingerprint density at radius 3 is 2.73 bits per heavy atom. The monoisotopic (exact) mass is 408 g/mol. The van der Waals surface area contributed by atoms with Gasteiger partial charge in [-0.05, 0) is 63.6 Å². The molecule has 1 saturated carbocycles. The first-order valence-electron chi connectivity index (χ1n) is 11.9. The van der Waals surface area contributed by atoms with Crippen molar-refractivity contribution in [2.75, 3.05) is 44.2 Å². The molecular formula is C24H32N4O2. The summed E-state index contributed by atoms with van der Waals surface area (Å²) in [6.45, 7) is 5.36. The van der Waals surface area contributed by atoms with Gasteiger partial charge in [-0.1, -0.05) is 18.2 Å². The normalized spacial score (nSPS) is 34.7. The summed E-state index contributed by atoms with van der Waals surface area (Å²) in [7, 11) is 0. The number of nitrogens with zero attached hydrogens (tertiary/aromatic N) is 3. The smallest absolute Gasteiger partial charge is 0.253 e. The number of hydrogen-bond donors (Lipinski definition) is 1. The first-order chi connectivity index (χ1) is 14.7. The molecule has 2 amide bonds. The van der Waals surface area contributed by atoms with Crippen LogP contribution in [-0.4, -0.2) is 66.9 Å². The van der Waals surface area contributed by atoms with Gasteiger partial charge in [0, 0.05) is 43.5 Å². The zero-order valence-corrected chi connectivity index (χ0v) is 17.7. The number of para-hydroxylation sites is 1. The molecule has 0 radical (unpaired) electrons. The molecule has 1 aromatic rings. The highest BCUT2D eigenvalue weighted by atomic mass is 16.2. The van der Waals surface area contributed by atoms with Crippen LogP contribution in [0.1, 0.15) is 44.1 Å². The van der Waals surface area contributed by atoms with Crippen LogP contribution in [0.5, 0.6) is 0 Å². The van der Waals surface area contributed by atoms with Crippen LogP contribution < -0.4 is 10.2 Å². The average molecular weight is 409 g/mol. The highest BCUT2D eigenvalue weighted by Crippen LogP contribution is 2.57. The summed E-state index contributed by atoms with van der Waals surface area (Å²) >= 11 is 0. The predicted octanol–water partition coefficient (Wildman–Crippen LogP) is 1.94. The average Bonchev–Trinajstić information content (AvgIpc) is 3.24. The van der Waals surface area contributed by atoms with Gasteiger partial charge in [0.1, 0.15) is 5.54 Å². The summed E-state index contributed by atoms with van der Waals surface area (Å²) in [6.07, 6.45) is 6.65. The van der Waals surface area contributed by atoms with E-state index in [0.29, 0.717) is 12.6 Å². The fraction of sp³-hybridized carbons (Fsp3) is 0.667. The highest BCUT2D eigenvalue weighted by Gasteiger charge is 2.67. The van der Waals surface area contributed by atoms with E-state index in [4.69, 9.17) is 0 Å². The maximum absolute atomic E-state index is 14.2. The Kier molecular flexibility index (Phi) is 4.43. The van der Waals surface area contributed by atoms with Crippen LogP contribution in [0.3, 0.4) is 0 Å². The Morgan fingerprint density at radius 2 is 1.87 bits per heavy atom. The maximum atomic E-state index is 14.2. The van der Waals surface area contributed by atoms with E-state index in [1.807, 2.05) is 17.0 Å². The number of rotatable bonds is 2. The number of amides is 2. The molecule has 4 heterocycles. The summed E-state index contributed by atoms with van der Waals surface area (Å²) in [4.78, 5) is 34.5. The van der Waals surface area contributed by atoms with Crippen LogP contribution in [0.15, 0.2) is 24.3 Å². The molecule has 0 aromatic heterocycles. The van der Waals surface area contributed by atoms with Gasteiger partial charge in [0.05, 0.1) is 5.92 Å². The molecule has 3 atom stereocenters. The summed E-state index contributed by atoms with van der Waals surface area (Å²) in [5, 5.41) is 3.22. The Morgan fingerprint density at radius 1 is 1.00 bits per heavy atom. The first kappa shape index (κ1) is 18.8. The molecule has 1 N–H and O–H groups in total. The molecule has 6 heteroatoms. The molecule has 3 saturated heterocycles. The molecule has 5 aliphatic rings. The van der Waals surface area contributed by atoms with Crippen LogP contribution in [0.4, 0.5) is 5.69 Å². The Bertz CT molecular complexity index is 869. The fourth-order valence-corrected chi connectivity index (χ4v) is 6.62. The zero-order valence-electron chi connectivity index (χ0n) is 17.7. The van der Waals surface area contributed by atoms with Crippen molar-refractivity contribution in [1.82, 2.24) is 15.1 Å². The lowest BCUT2D eigenvalue weighted by Crippen LogP contribution is -2.57. The predicted molar refractivity (Wildman–Crippen MR) is 115 cm³/mol. The lowest BCUT2D eigenvalue weighted by atomic mass is 9.78. The molecule has 4 fully saturated rings. The van der Waals surface area contributed by atoms with Gasteiger partial charge >= 0.3 is 0 Å². The summed E-state index contributed by atoms with van der Waals surface area (Å²) < 4.78 is 0. The van der Waals surface area contributed by atoms with Gasteiger partial charge in [-0.25, -0.2) is 0 Å². The second-order valence-corrected chi connectivity index (χ2v) is 9.91. The number of fused-ring (bicyclic) bond motifs is 4. The van der Waals surface area contributed by atoms with Gasteiger partial charge in [0.15, 0.2) is 0 Å². The van der Waals surface area contributed by atoms with E-state index in [1.165, 1.54) is 12.8 Å². The molecule has 0 unspecified atom stereocenters. The quantitative estimate of drug-likeness (QED) is 0.813. The molecule has 6 rings (SSSR count). The fourth-order valence-electron chi connectivity index (χ4n) is 6.62. The van der Waals surface area contributed by atoms with E-state index >= 15 is 0 Å². The van der Waals surface area contributed by atoms with E-state index < -0.39 is 5.54 Å². The largest absolute Gasteiger partial charge is 0.356 e. The number of carbonyl (C=O) groups excluding carboxylic acids is 2. The van der Waals surface area contributed by atoms with E-state index in [2.05, 4.69) is 27.2 Å². The molecule has 1 aromatic carbocycles. The minimum Gasteiger partial charge on any atom is -0.356 e. The Hall–Kier alpha value is -1.92. The van der Waals surface area contributed by atoms with Crippen LogP contribution in [-0.2, 0) is 15.1 Å². The molecule has 4 aliphatic heterocycles. The number of benzene rings is 1. The van der Waals surface area contributed by atoms with Crippen molar-refractivity contribution in [2.45, 2.75) is 50.1 Å². The van der Waals surface area contributed by atoms with E-state index in [9.17, 15) is 9.59 Å².